The summed E-state index contributed by atoms with van der Waals surface area (Å²) in [5.74, 6) is -1.45. The number of hydrogen-bond acceptors (Lipinski definition) is 12. The van der Waals surface area contributed by atoms with Gasteiger partial charge in [-0.25, -0.2) is 18.4 Å². The average Bonchev–Trinajstić information content (AvgIpc) is 3.11. The van der Waals surface area contributed by atoms with Crippen molar-refractivity contribution >= 4 is 50.8 Å². The number of nitrogens with one attached hydrogen (secondary N) is 3. The lowest BCUT2D eigenvalue weighted by Gasteiger charge is -2.36. The van der Waals surface area contributed by atoms with Crippen LogP contribution in [0.15, 0.2) is 67.1 Å². The standard InChI is InChI=1S/C34H37F3N10O4S/c1-45(52(2,50)51)31-28(38-13-14-39-31)20-40-30-27(34(35,36)37)19-41-33(44-30)42-23-7-9-24(10-8-23)47-17-15-46(16-18-47)21-22-5-3-4-6-25(22)26-11-12-29(48)43-32(26)49/h3-10,13-14,19,26H,11-12,15-18,20-21H2,1-2H3,(H,43,48,49)(H2,40,41,42,44). The van der Waals surface area contributed by atoms with Crippen LogP contribution in [-0.2, 0) is 38.9 Å². The van der Waals surface area contributed by atoms with Crippen LogP contribution in [0.1, 0.15) is 41.1 Å². The van der Waals surface area contributed by atoms with Crippen LogP contribution < -0.4 is 25.2 Å². The Hall–Kier alpha value is -5.36. The minimum Gasteiger partial charge on any atom is -0.369 e. The summed E-state index contributed by atoms with van der Waals surface area (Å²) in [4.78, 5) is 44.9. The van der Waals surface area contributed by atoms with E-state index in [1.165, 1.54) is 19.4 Å². The Labute approximate surface area is 298 Å². The molecule has 6 rings (SSSR count). The molecule has 0 aliphatic carbocycles. The van der Waals surface area contributed by atoms with Gasteiger partial charge in [-0.3, -0.25) is 29.1 Å². The largest absolute Gasteiger partial charge is 0.421 e. The first-order chi connectivity index (χ1) is 24.8. The van der Waals surface area contributed by atoms with Gasteiger partial charge >= 0.3 is 6.18 Å². The number of rotatable bonds is 11. The Balaban J connectivity index is 1.08. The Morgan fingerprint density at radius 3 is 2.38 bits per heavy atom. The number of alkyl halides is 3. The van der Waals surface area contributed by atoms with Gasteiger partial charge in [0.2, 0.25) is 27.8 Å². The van der Waals surface area contributed by atoms with Gasteiger partial charge in [0.25, 0.3) is 0 Å². The average molecular weight is 739 g/mol. The molecule has 2 amide bonds. The van der Waals surface area contributed by atoms with Crippen LogP contribution >= 0.6 is 0 Å². The van der Waals surface area contributed by atoms with E-state index in [0.717, 1.165) is 53.6 Å². The number of nitrogens with zero attached hydrogens (tertiary/aromatic N) is 7. The zero-order chi connectivity index (χ0) is 37.0. The molecule has 2 fully saturated rings. The highest BCUT2D eigenvalue weighted by Crippen LogP contribution is 2.35. The molecule has 1 unspecified atom stereocenters. The van der Waals surface area contributed by atoms with E-state index in [1.807, 2.05) is 36.4 Å². The molecule has 2 aromatic carbocycles. The number of halogens is 3. The number of carbonyl (C=O) groups is 2. The van der Waals surface area contributed by atoms with Gasteiger partial charge in [0.1, 0.15) is 17.1 Å². The van der Waals surface area contributed by atoms with Crippen molar-refractivity contribution in [2.75, 3.05) is 59.3 Å². The van der Waals surface area contributed by atoms with Gasteiger partial charge in [-0.15, -0.1) is 0 Å². The van der Waals surface area contributed by atoms with Gasteiger partial charge < -0.3 is 15.5 Å². The first-order valence-corrected chi connectivity index (χ1v) is 18.3. The number of benzene rings is 2. The zero-order valence-corrected chi connectivity index (χ0v) is 29.2. The number of carbonyl (C=O) groups excluding carboxylic acids is 2. The molecule has 3 N–H and O–H groups in total. The highest BCUT2D eigenvalue weighted by atomic mass is 32.2. The van der Waals surface area contributed by atoms with Crippen molar-refractivity contribution < 1.29 is 31.2 Å². The molecule has 2 saturated heterocycles. The highest BCUT2D eigenvalue weighted by molar-refractivity contribution is 7.92. The number of imide groups is 1. The quantitative estimate of drug-likeness (QED) is 0.191. The molecule has 18 heteroatoms. The molecule has 52 heavy (non-hydrogen) atoms. The van der Waals surface area contributed by atoms with Crippen LogP contribution in [0.25, 0.3) is 0 Å². The Morgan fingerprint density at radius 1 is 0.981 bits per heavy atom. The van der Waals surface area contributed by atoms with Gasteiger partial charge in [0, 0.05) is 76.2 Å². The van der Waals surface area contributed by atoms with Crippen molar-refractivity contribution in [2.45, 2.75) is 38.0 Å². The third-order valence-corrected chi connectivity index (χ3v) is 10.2. The first-order valence-electron chi connectivity index (χ1n) is 16.4. The lowest BCUT2D eigenvalue weighted by atomic mass is 9.87. The fourth-order valence-electron chi connectivity index (χ4n) is 6.15. The summed E-state index contributed by atoms with van der Waals surface area (Å²) in [5.41, 5.74) is 2.56. The summed E-state index contributed by atoms with van der Waals surface area (Å²) in [6, 6.07) is 15.3. The molecule has 4 heterocycles. The third kappa shape index (κ3) is 8.56. The smallest absolute Gasteiger partial charge is 0.369 e. The van der Waals surface area contributed by atoms with E-state index in [0.29, 0.717) is 31.3 Å². The number of aromatic nitrogens is 4. The van der Waals surface area contributed by atoms with Crippen molar-refractivity contribution in [1.82, 2.24) is 30.2 Å². The van der Waals surface area contributed by atoms with Crippen LogP contribution in [0.4, 0.5) is 42.1 Å². The maximum absolute atomic E-state index is 13.9. The van der Waals surface area contributed by atoms with E-state index < -0.39 is 27.6 Å². The van der Waals surface area contributed by atoms with Crippen LogP contribution in [-0.4, -0.2) is 84.6 Å². The van der Waals surface area contributed by atoms with Crippen molar-refractivity contribution in [3.8, 4) is 0 Å². The van der Waals surface area contributed by atoms with E-state index in [-0.39, 0.29) is 41.7 Å². The maximum atomic E-state index is 13.9. The van der Waals surface area contributed by atoms with Crippen LogP contribution in [0.5, 0.6) is 0 Å². The van der Waals surface area contributed by atoms with Gasteiger partial charge in [-0.2, -0.15) is 18.2 Å². The van der Waals surface area contributed by atoms with Crippen LogP contribution in [0, 0.1) is 0 Å². The summed E-state index contributed by atoms with van der Waals surface area (Å²) in [6.45, 7) is 3.50. The van der Waals surface area contributed by atoms with Crippen molar-refractivity contribution in [2.24, 2.45) is 0 Å². The monoisotopic (exact) mass is 738 g/mol. The summed E-state index contributed by atoms with van der Waals surface area (Å²) in [6.07, 6.45) is 0.310. The molecule has 2 aliphatic heterocycles. The minimum atomic E-state index is -4.77. The molecule has 0 saturated carbocycles. The van der Waals surface area contributed by atoms with Gasteiger partial charge in [-0.1, -0.05) is 24.3 Å². The van der Waals surface area contributed by atoms with Gasteiger partial charge in [0.15, 0.2) is 5.82 Å². The summed E-state index contributed by atoms with van der Waals surface area (Å²) >= 11 is 0. The molecule has 0 bridgehead atoms. The maximum Gasteiger partial charge on any atom is 0.421 e. The van der Waals surface area contributed by atoms with Crippen molar-refractivity contribution in [3.05, 3.63) is 89.5 Å². The van der Waals surface area contributed by atoms with Gasteiger partial charge in [0.05, 0.1) is 18.7 Å². The lowest BCUT2D eigenvalue weighted by Crippen LogP contribution is -2.46. The molecule has 2 aromatic heterocycles. The number of hydrogen-bond donors (Lipinski definition) is 3. The number of piperazine rings is 1. The third-order valence-electron chi connectivity index (χ3n) is 8.99. The number of piperidine rings is 1. The molecule has 14 nitrogen and oxygen atoms in total. The molecule has 1 atom stereocenters. The van der Waals surface area contributed by atoms with Crippen molar-refractivity contribution in [1.29, 1.82) is 0 Å². The first kappa shape index (κ1) is 36.4. The molecule has 2 aliphatic rings. The zero-order valence-electron chi connectivity index (χ0n) is 28.4. The Morgan fingerprint density at radius 2 is 1.69 bits per heavy atom. The van der Waals surface area contributed by atoms with Gasteiger partial charge in [-0.05, 0) is 41.8 Å². The van der Waals surface area contributed by atoms with E-state index in [2.05, 4.69) is 45.7 Å². The summed E-state index contributed by atoms with van der Waals surface area (Å²) in [5, 5.41) is 8.04. The van der Waals surface area contributed by atoms with E-state index in [1.54, 1.807) is 12.1 Å². The van der Waals surface area contributed by atoms with Crippen LogP contribution in [0.2, 0.25) is 0 Å². The normalized spacial score (nSPS) is 17.1. The summed E-state index contributed by atoms with van der Waals surface area (Å²) < 4.78 is 66.7. The number of sulfonamides is 1. The van der Waals surface area contributed by atoms with Crippen LogP contribution in [0.3, 0.4) is 0 Å². The molecular weight excluding hydrogens is 702 g/mol. The Bertz CT molecular complexity index is 2040. The highest BCUT2D eigenvalue weighted by Gasteiger charge is 2.36. The molecule has 4 aromatic rings. The predicted molar refractivity (Wildman–Crippen MR) is 188 cm³/mol. The second kappa shape index (κ2) is 15.1. The minimum absolute atomic E-state index is 0.0323. The lowest BCUT2D eigenvalue weighted by molar-refractivity contribution is -0.137. The fourth-order valence-corrected chi connectivity index (χ4v) is 6.62. The molecular formula is C34H37F3N10O4S. The predicted octanol–water partition coefficient (Wildman–Crippen LogP) is 3.88. The molecule has 0 radical (unpaired) electrons. The van der Waals surface area contributed by atoms with E-state index in [4.69, 9.17) is 0 Å². The molecule has 274 valence electrons. The number of amides is 2. The van der Waals surface area contributed by atoms with Crippen molar-refractivity contribution in [3.63, 3.8) is 0 Å². The summed E-state index contributed by atoms with van der Waals surface area (Å²) in [7, 11) is -2.43. The Kier molecular flexibility index (Phi) is 10.6. The molecule has 0 spiro atoms. The van der Waals surface area contributed by atoms with E-state index >= 15 is 0 Å². The second-order valence-electron chi connectivity index (χ2n) is 12.5. The SMILES string of the molecule is CN(c1nccnc1CNc1nc(Nc2ccc(N3CCN(Cc4ccccc4C4CCC(=O)NC4=O)CC3)cc2)ncc1C(F)(F)F)S(C)(=O)=O. The van der Waals surface area contributed by atoms with E-state index in [9.17, 15) is 31.2 Å². The topological polar surface area (TPSA) is 166 Å². The second-order valence-corrected chi connectivity index (χ2v) is 14.5. The fraction of sp³-hybridized carbons (Fsp3) is 0.353. The number of anilines is 5.